The summed E-state index contributed by atoms with van der Waals surface area (Å²) in [4.78, 5) is 4.81. The maximum atomic E-state index is 7.22. The van der Waals surface area contributed by atoms with Gasteiger partial charge in [-0.1, -0.05) is 217 Å². The van der Waals surface area contributed by atoms with E-state index in [1.807, 2.05) is 19.9 Å². The lowest BCUT2D eigenvalue weighted by Crippen LogP contribution is -2.16. The average Bonchev–Trinajstić information content (AvgIpc) is 4.00. The summed E-state index contributed by atoms with van der Waals surface area (Å²) in [7, 11) is 0. The zero-order valence-electron chi connectivity index (χ0n) is 48.5. The molecular weight excluding hydrogens is 949 g/mol. The van der Waals surface area contributed by atoms with Crippen molar-refractivity contribution in [2.45, 2.75) is 132 Å². The van der Waals surface area contributed by atoms with E-state index in [-0.39, 0.29) is 11.8 Å². The summed E-state index contributed by atoms with van der Waals surface area (Å²) in [6.45, 7) is 33.7. The van der Waals surface area contributed by atoms with Crippen LogP contribution in [-0.2, 0) is 4.74 Å². The maximum absolute atomic E-state index is 7.22. The second-order valence-electron chi connectivity index (χ2n) is 21.7. The van der Waals surface area contributed by atoms with Crippen molar-refractivity contribution in [3.63, 3.8) is 0 Å². The van der Waals surface area contributed by atoms with Crippen LogP contribution in [-0.4, -0.2) is 6.61 Å². The molecule has 8 aromatic carbocycles. The van der Waals surface area contributed by atoms with Crippen LogP contribution in [0.5, 0.6) is 0 Å². The Morgan fingerprint density at radius 2 is 1.19 bits per heavy atom. The molecule has 1 unspecified atom stereocenters. The Kier molecular flexibility index (Phi) is 17.3. The van der Waals surface area contributed by atoms with E-state index in [0.29, 0.717) is 18.4 Å². The number of hydrogen-bond acceptors (Lipinski definition) is 4. The molecule has 0 radical (unpaired) electrons. The minimum Gasteiger partial charge on any atom is -0.488 e. The fourth-order valence-electron chi connectivity index (χ4n) is 12.2. The lowest BCUT2D eigenvalue weighted by Gasteiger charge is -2.31. The lowest BCUT2D eigenvalue weighted by molar-refractivity contribution is 0.262. The minimum atomic E-state index is 0.248. The zero-order chi connectivity index (χ0) is 55.2. The van der Waals surface area contributed by atoms with E-state index in [1.165, 1.54) is 92.1 Å². The van der Waals surface area contributed by atoms with Gasteiger partial charge in [-0.3, -0.25) is 0 Å². The van der Waals surface area contributed by atoms with Gasteiger partial charge in [0.05, 0.1) is 17.1 Å². The van der Waals surface area contributed by atoms with E-state index in [4.69, 9.17) is 15.7 Å². The summed E-state index contributed by atoms with van der Waals surface area (Å²) in [5, 5.41) is 9.83. The number of hydrogen-bond donors (Lipinski definition) is 0. The van der Waals surface area contributed by atoms with Crippen molar-refractivity contribution in [3.8, 4) is 0 Å². The summed E-state index contributed by atoms with van der Waals surface area (Å²) < 4.78 is 13.6. The molecule has 0 saturated heterocycles. The standard InChI is InChI=1S/C69H68N2O2.C3H8.C2H6/c1-10-45(8)51(11-2)67-52(12-3)48(42-72-67)27-21-24-46(9)70(49-28-15-13-16-29-49)63-40-60(43(4)5)54-37-39-59-64(41-61(44(6)7)55-36-38-58(63)65(54)66(55)59)71(50-30-17-14-18-31-50)62-35-23-34-57-56-33-22-32-53(47-25-19-20-26-47)68(56)73-69(57)62;1-3-2;1-2/h11-18,21-24,27-41,43-45,47H,3,9-10,19-20,25-26,42H2,1-2,4-8H3;3H2,1-2H3;1-2H3/b24-21-,48-27+,51-11-;;. The normalized spacial score (nSPS) is 15.0. The molecule has 1 aromatic heterocycles. The van der Waals surface area contributed by atoms with E-state index >= 15 is 0 Å². The van der Waals surface area contributed by atoms with Crippen LogP contribution in [0.2, 0.25) is 0 Å². The Hall–Kier alpha value is -7.56. The fourth-order valence-corrected chi connectivity index (χ4v) is 12.2. The summed E-state index contributed by atoms with van der Waals surface area (Å²) in [5.41, 5.74) is 15.6. The molecule has 2 heterocycles. The maximum Gasteiger partial charge on any atom is 0.159 e. The van der Waals surface area contributed by atoms with Gasteiger partial charge in [-0.15, -0.1) is 0 Å². The quantitative estimate of drug-likeness (QED) is 0.0756. The molecule has 4 nitrogen and oxygen atoms in total. The van der Waals surface area contributed by atoms with E-state index < -0.39 is 0 Å². The number of benzene rings is 8. The Bertz CT molecular complexity index is 3710. The lowest BCUT2D eigenvalue weighted by atomic mass is 9.84. The van der Waals surface area contributed by atoms with Crippen LogP contribution in [0.3, 0.4) is 0 Å². The number of allylic oxidation sites excluding steroid dienone is 6. The third-order valence-electron chi connectivity index (χ3n) is 16.0. The highest BCUT2D eigenvalue weighted by atomic mass is 16.5. The molecule has 11 rings (SSSR count). The number of fused-ring (bicyclic) bond motifs is 3. The largest absolute Gasteiger partial charge is 0.488 e. The van der Waals surface area contributed by atoms with Crippen molar-refractivity contribution in [2.24, 2.45) is 5.92 Å². The summed E-state index contributed by atoms with van der Waals surface area (Å²) in [6.07, 6.45) is 17.8. The van der Waals surface area contributed by atoms with Crippen LogP contribution in [0.4, 0.5) is 28.4 Å². The first-order chi connectivity index (χ1) is 38.0. The van der Waals surface area contributed by atoms with Gasteiger partial charge in [0.15, 0.2) is 5.58 Å². The Morgan fingerprint density at radius 3 is 1.77 bits per heavy atom. The number of para-hydroxylation sites is 4. The van der Waals surface area contributed by atoms with Crippen molar-refractivity contribution >= 4 is 82.7 Å². The molecule has 1 aliphatic heterocycles. The number of ether oxygens (including phenoxy) is 1. The predicted octanol–water partition coefficient (Wildman–Crippen LogP) is 22.9. The van der Waals surface area contributed by atoms with Gasteiger partial charge in [-0.2, -0.15) is 0 Å². The highest BCUT2D eigenvalue weighted by molar-refractivity contribution is 6.29. The molecule has 4 heteroatoms. The molecule has 0 amide bonds. The summed E-state index contributed by atoms with van der Waals surface area (Å²) in [5.74, 6) is 2.36. The van der Waals surface area contributed by atoms with Gasteiger partial charge in [0, 0.05) is 49.8 Å². The van der Waals surface area contributed by atoms with E-state index in [9.17, 15) is 0 Å². The number of anilines is 5. The number of nitrogens with zero attached hydrogens (tertiary/aromatic N) is 2. The van der Waals surface area contributed by atoms with Gasteiger partial charge >= 0.3 is 0 Å². The van der Waals surface area contributed by atoms with Crippen molar-refractivity contribution in [1.82, 2.24) is 0 Å². The SMILES string of the molecule is C=CC1=C(C(=C\C)/C(C)CC)OC/C1=C\C=C/C(=C)N(c1ccccc1)c1cc(C(C)C)c2ccc3c(N(c4ccccc4)c4cccc5c4oc4c(C6CCCC6)cccc45)cc(C(C)C)c4ccc1c2c43.CC.CCC. The third-order valence-corrected chi connectivity index (χ3v) is 16.0. The van der Waals surface area contributed by atoms with E-state index in [2.05, 4.69) is 236 Å². The smallest absolute Gasteiger partial charge is 0.159 e. The van der Waals surface area contributed by atoms with Crippen LogP contribution in [0.25, 0.3) is 54.3 Å². The second-order valence-corrected chi connectivity index (χ2v) is 21.7. The average molecular weight is 1030 g/mol. The zero-order valence-corrected chi connectivity index (χ0v) is 48.5. The van der Waals surface area contributed by atoms with Gasteiger partial charge in [0.1, 0.15) is 17.9 Å². The van der Waals surface area contributed by atoms with Gasteiger partial charge < -0.3 is 19.0 Å². The Labute approximate surface area is 466 Å². The summed E-state index contributed by atoms with van der Waals surface area (Å²) in [6, 6.07) is 49.5. The molecule has 0 spiro atoms. The first-order valence-corrected chi connectivity index (χ1v) is 29.2. The molecule has 1 fully saturated rings. The van der Waals surface area contributed by atoms with Gasteiger partial charge in [-0.05, 0) is 142 Å². The fraction of sp³-hybridized carbons (Fsp3) is 0.297. The second kappa shape index (κ2) is 24.4. The molecule has 1 saturated carbocycles. The van der Waals surface area contributed by atoms with Crippen LogP contribution in [0, 0.1) is 5.92 Å². The molecule has 78 heavy (non-hydrogen) atoms. The van der Waals surface area contributed by atoms with Crippen LogP contribution >= 0.6 is 0 Å². The monoisotopic (exact) mass is 1030 g/mol. The predicted molar refractivity (Wildman–Crippen MR) is 340 cm³/mol. The Balaban J connectivity index is 0.00000143. The molecule has 1 aliphatic carbocycles. The number of rotatable bonds is 15. The van der Waals surface area contributed by atoms with Crippen LogP contribution < -0.4 is 9.80 Å². The highest BCUT2D eigenvalue weighted by Crippen LogP contribution is 2.52. The van der Waals surface area contributed by atoms with E-state index in [1.54, 1.807) is 0 Å². The minimum absolute atomic E-state index is 0.248. The van der Waals surface area contributed by atoms with Crippen molar-refractivity contribution < 1.29 is 9.15 Å². The molecule has 400 valence electrons. The molecule has 0 bridgehead atoms. The van der Waals surface area contributed by atoms with Crippen molar-refractivity contribution in [2.75, 3.05) is 16.4 Å². The van der Waals surface area contributed by atoms with E-state index in [0.717, 1.165) is 74.0 Å². The highest BCUT2D eigenvalue weighted by Gasteiger charge is 2.29. The molecule has 9 aromatic rings. The molecule has 1 atom stereocenters. The molecule has 2 aliphatic rings. The molecule has 0 N–H and O–H groups in total. The van der Waals surface area contributed by atoms with Crippen LogP contribution in [0.1, 0.15) is 149 Å². The molecular formula is C74H82N2O2. The first kappa shape index (κ1) is 55.2. The number of furan rings is 1. The Morgan fingerprint density at radius 1 is 0.641 bits per heavy atom. The van der Waals surface area contributed by atoms with Gasteiger partial charge in [-0.25, -0.2) is 0 Å². The topological polar surface area (TPSA) is 28.9 Å². The third kappa shape index (κ3) is 10.2. The first-order valence-electron chi connectivity index (χ1n) is 29.2. The van der Waals surface area contributed by atoms with Crippen LogP contribution in [0.15, 0.2) is 210 Å². The van der Waals surface area contributed by atoms with Crippen molar-refractivity contribution in [1.29, 1.82) is 0 Å². The summed E-state index contributed by atoms with van der Waals surface area (Å²) >= 11 is 0. The van der Waals surface area contributed by atoms with Crippen molar-refractivity contribution in [3.05, 3.63) is 222 Å². The van der Waals surface area contributed by atoms with Gasteiger partial charge in [0.2, 0.25) is 0 Å². The van der Waals surface area contributed by atoms with Gasteiger partial charge in [0.25, 0.3) is 0 Å².